The number of benzene rings is 1. The summed E-state index contributed by atoms with van der Waals surface area (Å²) in [7, 11) is 0. The number of rotatable bonds is 4. The van der Waals surface area contributed by atoms with Crippen LogP contribution in [0, 0.1) is 0 Å². The molecule has 0 amide bonds. The van der Waals surface area contributed by atoms with Crippen molar-refractivity contribution in [1.82, 2.24) is 10.1 Å². The predicted octanol–water partition coefficient (Wildman–Crippen LogP) is 5.08. The molecule has 9 heteroatoms. The van der Waals surface area contributed by atoms with Crippen molar-refractivity contribution in [2.75, 3.05) is 5.32 Å². The number of hydrogen-bond donors (Lipinski definition) is 1. The fourth-order valence-corrected chi connectivity index (χ4v) is 2.72. The molecule has 0 bridgehead atoms. The van der Waals surface area contributed by atoms with Crippen LogP contribution in [0.3, 0.4) is 0 Å². The molecule has 0 spiro atoms. The zero-order valence-corrected chi connectivity index (χ0v) is 13.0. The maximum atomic E-state index is 12.6. The monoisotopic (exact) mass is 359 g/mol. The van der Waals surface area contributed by atoms with Crippen LogP contribution in [-0.4, -0.2) is 10.1 Å². The number of nitrogens with one attached hydrogen (secondary N) is 1. The van der Waals surface area contributed by atoms with E-state index in [0.29, 0.717) is 17.4 Å². The topological polar surface area (TPSA) is 51.0 Å². The summed E-state index contributed by atoms with van der Waals surface area (Å²) in [6.45, 7) is 0.155. The van der Waals surface area contributed by atoms with Crippen molar-refractivity contribution < 1.29 is 17.7 Å². The number of thiophene rings is 1. The largest absolute Gasteiger partial charge is 0.416 e. The summed E-state index contributed by atoms with van der Waals surface area (Å²) in [5.41, 5.74) is 0.401. The van der Waals surface area contributed by atoms with Gasteiger partial charge >= 0.3 is 6.18 Å². The van der Waals surface area contributed by atoms with Gasteiger partial charge in [0.15, 0.2) is 0 Å². The number of halogens is 4. The van der Waals surface area contributed by atoms with Gasteiger partial charge in [-0.2, -0.15) is 29.5 Å². The summed E-state index contributed by atoms with van der Waals surface area (Å²) in [5.74, 6) is 0.767. The molecule has 0 saturated heterocycles. The molecule has 0 unspecified atom stereocenters. The quantitative estimate of drug-likeness (QED) is 0.705. The molecule has 0 aliphatic carbocycles. The Kier molecular flexibility index (Phi) is 4.27. The lowest BCUT2D eigenvalue weighted by Gasteiger charge is -2.10. The van der Waals surface area contributed by atoms with Gasteiger partial charge in [-0.15, -0.1) is 0 Å². The lowest BCUT2D eigenvalue weighted by molar-refractivity contribution is -0.137. The predicted molar refractivity (Wildman–Crippen MR) is 81.4 cm³/mol. The lowest BCUT2D eigenvalue weighted by atomic mass is 10.2. The second-order valence-corrected chi connectivity index (χ2v) is 5.76. The molecule has 0 atom stereocenters. The second-order valence-electron chi connectivity index (χ2n) is 4.57. The van der Waals surface area contributed by atoms with Crippen molar-refractivity contribution in [3.8, 4) is 11.4 Å². The number of hydrogen-bond acceptors (Lipinski definition) is 5. The molecule has 23 heavy (non-hydrogen) atoms. The third kappa shape index (κ3) is 3.65. The molecular weight excluding hydrogens is 351 g/mol. The molecule has 2 aromatic heterocycles. The Morgan fingerprint density at radius 1 is 1.26 bits per heavy atom. The smallest absolute Gasteiger partial charge is 0.375 e. The molecule has 0 saturated carbocycles. The molecular formula is C14H9ClF3N3OS. The minimum Gasteiger partial charge on any atom is -0.375 e. The van der Waals surface area contributed by atoms with Gasteiger partial charge < -0.3 is 9.84 Å². The van der Waals surface area contributed by atoms with Gasteiger partial charge in [-0.05, 0) is 29.6 Å². The van der Waals surface area contributed by atoms with E-state index >= 15 is 0 Å². The summed E-state index contributed by atoms with van der Waals surface area (Å²) in [6, 6.07) is 4.95. The van der Waals surface area contributed by atoms with E-state index in [4.69, 9.17) is 16.1 Å². The van der Waals surface area contributed by atoms with E-state index in [1.165, 1.54) is 17.4 Å². The Hall–Kier alpha value is -2.06. The molecule has 0 aliphatic rings. The Labute approximate surface area is 137 Å². The van der Waals surface area contributed by atoms with Gasteiger partial charge in [-0.3, -0.25) is 0 Å². The zero-order chi connectivity index (χ0) is 16.4. The van der Waals surface area contributed by atoms with Crippen molar-refractivity contribution in [3.63, 3.8) is 0 Å². The van der Waals surface area contributed by atoms with Crippen LogP contribution < -0.4 is 5.32 Å². The van der Waals surface area contributed by atoms with Crippen molar-refractivity contribution >= 4 is 28.6 Å². The highest BCUT2D eigenvalue weighted by Crippen LogP contribution is 2.33. The van der Waals surface area contributed by atoms with Crippen LogP contribution in [0.15, 0.2) is 39.5 Å². The molecule has 4 nitrogen and oxygen atoms in total. The van der Waals surface area contributed by atoms with E-state index < -0.39 is 11.7 Å². The summed E-state index contributed by atoms with van der Waals surface area (Å²) in [4.78, 5) is 4.20. The first-order valence-electron chi connectivity index (χ1n) is 6.39. The Bertz CT molecular complexity index is 802. The third-order valence-electron chi connectivity index (χ3n) is 2.97. The fraction of sp³-hybridized carbons (Fsp3) is 0.143. The first kappa shape index (κ1) is 15.8. The maximum Gasteiger partial charge on any atom is 0.416 e. The maximum absolute atomic E-state index is 12.6. The van der Waals surface area contributed by atoms with Gasteiger partial charge in [0.05, 0.1) is 22.8 Å². The van der Waals surface area contributed by atoms with E-state index in [0.717, 1.165) is 17.7 Å². The average molecular weight is 360 g/mol. The zero-order valence-electron chi connectivity index (χ0n) is 11.4. The Balaban J connectivity index is 1.69. The van der Waals surface area contributed by atoms with Gasteiger partial charge in [0.2, 0.25) is 11.7 Å². The van der Waals surface area contributed by atoms with Crippen LogP contribution in [-0.2, 0) is 12.7 Å². The first-order chi connectivity index (χ1) is 10.9. The summed E-state index contributed by atoms with van der Waals surface area (Å²) >= 11 is 7.37. The fourth-order valence-electron chi connectivity index (χ4n) is 1.84. The first-order valence-corrected chi connectivity index (χ1v) is 7.71. The summed E-state index contributed by atoms with van der Waals surface area (Å²) in [6.07, 6.45) is -4.43. The minimum absolute atomic E-state index is 0.0302. The molecule has 0 radical (unpaired) electrons. The van der Waals surface area contributed by atoms with E-state index in [2.05, 4.69) is 15.5 Å². The van der Waals surface area contributed by atoms with E-state index in [1.807, 2.05) is 16.8 Å². The standard InChI is InChI=1S/C14H9ClF3N3OS/c15-10-5-9(14(16,17)18)1-2-11(10)19-6-12-20-13(21-22-12)8-3-4-23-7-8/h1-5,7,19H,6H2. The molecule has 0 aliphatic heterocycles. The normalized spacial score (nSPS) is 11.7. The Morgan fingerprint density at radius 2 is 2.09 bits per heavy atom. The lowest BCUT2D eigenvalue weighted by Crippen LogP contribution is -2.06. The van der Waals surface area contributed by atoms with E-state index in [1.54, 1.807) is 0 Å². The van der Waals surface area contributed by atoms with Crippen LogP contribution in [0.1, 0.15) is 11.5 Å². The number of alkyl halides is 3. The molecule has 3 aromatic rings. The number of anilines is 1. The van der Waals surface area contributed by atoms with Gasteiger partial charge in [0.25, 0.3) is 0 Å². The van der Waals surface area contributed by atoms with Crippen LogP contribution in [0.4, 0.5) is 18.9 Å². The van der Waals surface area contributed by atoms with Crippen LogP contribution >= 0.6 is 22.9 Å². The van der Waals surface area contributed by atoms with Crippen LogP contribution in [0.2, 0.25) is 5.02 Å². The molecule has 3 rings (SSSR count). The van der Waals surface area contributed by atoms with E-state index in [-0.39, 0.29) is 11.6 Å². The van der Waals surface area contributed by atoms with Gasteiger partial charge in [-0.25, -0.2) is 0 Å². The third-order valence-corrected chi connectivity index (χ3v) is 3.97. The highest BCUT2D eigenvalue weighted by molar-refractivity contribution is 7.08. The van der Waals surface area contributed by atoms with Crippen LogP contribution in [0.25, 0.3) is 11.4 Å². The van der Waals surface area contributed by atoms with Crippen molar-refractivity contribution in [3.05, 3.63) is 51.5 Å². The van der Waals surface area contributed by atoms with Gasteiger partial charge in [-0.1, -0.05) is 16.8 Å². The molecule has 2 heterocycles. The average Bonchev–Trinajstić information content (AvgIpc) is 3.16. The SMILES string of the molecule is FC(F)(F)c1ccc(NCc2nc(-c3ccsc3)no2)c(Cl)c1. The second kappa shape index (κ2) is 6.21. The molecule has 120 valence electrons. The highest BCUT2D eigenvalue weighted by atomic mass is 35.5. The van der Waals surface area contributed by atoms with E-state index in [9.17, 15) is 13.2 Å². The number of aromatic nitrogens is 2. The summed E-state index contributed by atoms with van der Waals surface area (Å²) in [5, 5.41) is 10.5. The summed E-state index contributed by atoms with van der Waals surface area (Å²) < 4.78 is 42.8. The van der Waals surface area contributed by atoms with Gasteiger partial charge in [0.1, 0.15) is 0 Å². The molecule has 1 N–H and O–H groups in total. The van der Waals surface area contributed by atoms with Gasteiger partial charge in [0, 0.05) is 10.9 Å². The Morgan fingerprint density at radius 3 is 2.74 bits per heavy atom. The van der Waals surface area contributed by atoms with Crippen LogP contribution in [0.5, 0.6) is 0 Å². The number of nitrogens with zero attached hydrogens (tertiary/aromatic N) is 2. The minimum atomic E-state index is -4.43. The highest BCUT2D eigenvalue weighted by Gasteiger charge is 2.30. The van der Waals surface area contributed by atoms with Crippen molar-refractivity contribution in [1.29, 1.82) is 0 Å². The van der Waals surface area contributed by atoms with Crippen molar-refractivity contribution in [2.45, 2.75) is 12.7 Å². The molecule has 0 fully saturated rings. The van der Waals surface area contributed by atoms with Crippen molar-refractivity contribution in [2.24, 2.45) is 0 Å². The molecule has 1 aromatic carbocycles.